The molecule has 1 amide bonds. The lowest BCUT2D eigenvalue weighted by atomic mass is 9.69. The molecule has 1 aromatic carbocycles. The molecular weight excluding hydrogens is 384 g/mol. The largest absolute Gasteiger partial charge is 0.355 e. The predicted octanol–water partition coefficient (Wildman–Crippen LogP) is 4.81. The highest BCUT2D eigenvalue weighted by molar-refractivity contribution is 5.78. The molecular formula is C26H34N4O. The maximum Gasteiger partial charge on any atom is 0.223 e. The fraction of sp³-hybridized carbons (Fsp3) is 0.654. The molecule has 4 atom stereocenters. The number of aromatic nitrogens is 2. The van der Waals surface area contributed by atoms with Gasteiger partial charge in [0.15, 0.2) is 0 Å². The van der Waals surface area contributed by atoms with Crippen molar-refractivity contribution in [2.75, 3.05) is 18.0 Å². The van der Waals surface area contributed by atoms with Gasteiger partial charge in [-0.3, -0.25) is 9.78 Å². The summed E-state index contributed by atoms with van der Waals surface area (Å²) in [5.74, 6) is 3.39. The quantitative estimate of drug-likeness (QED) is 0.718. The molecule has 0 spiro atoms. The van der Waals surface area contributed by atoms with Crippen LogP contribution in [-0.4, -0.2) is 45.9 Å². The Hall–Kier alpha value is -2.17. The van der Waals surface area contributed by atoms with Crippen LogP contribution in [0.25, 0.3) is 11.0 Å². The van der Waals surface area contributed by atoms with E-state index in [0.717, 1.165) is 48.7 Å². The fourth-order valence-electron chi connectivity index (χ4n) is 7.13. The SMILES string of the molecule is O=C1CCC[C@H]2[C@@H]3C[C@@H](CN(c4cnc5ccccc5n4)C3)[C@H](CC3CCCCC3)N12. The summed E-state index contributed by atoms with van der Waals surface area (Å²) in [5, 5.41) is 0. The molecule has 2 bridgehead atoms. The van der Waals surface area contributed by atoms with E-state index in [-0.39, 0.29) is 0 Å². The van der Waals surface area contributed by atoms with Crippen LogP contribution >= 0.6 is 0 Å². The average molecular weight is 419 g/mol. The number of anilines is 1. The van der Waals surface area contributed by atoms with Gasteiger partial charge in [0.1, 0.15) is 5.82 Å². The number of amides is 1. The molecule has 2 aromatic rings. The maximum absolute atomic E-state index is 13.1. The highest BCUT2D eigenvalue weighted by Gasteiger charge is 2.49. The lowest BCUT2D eigenvalue weighted by Gasteiger charge is -2.57. The van der Waals surface area contributed by atoms with Gasteiger partial charge < -0.3 is 9.80 Å². The van der Waals surface area contributed by atoms with Crippen LogP contribution in [0, 0.1) is 17.8 Å². The minimum atomic E-state index is 0.424. The molecule has 6 rings (SSSR count). The first kappa shape index (κ1) is 19.5. The molecule has 164 valence electrons. The minimum Gasteiger partial charge on any atom is -0.355 e. The van der Waals surface area contributed by atoms with Crippen LogP contribution in [0.15, 0.2) is 30.5 Å². The molecule has 31 heavy (non-hydrogen) atoms. The Balaban J connectivity index is 1.30. The van der Waals surface area contributed by atoms with E-state index in [0.29, 0.717) is 29.8 Å². The smallest absolute Gasteiger partial charge is 0.223 e. The van der Waals surface area contributed by atoms with Gasteiger partial charge >= 0.3 is 0 Å². The van der Waals surface area contributed by atoms with E-state index >= 15 is 0 Å². The molecule has 4 fully saturated rings. The Morgan fingerprint density at radius 3 is 2.61 bits per heavy atom. The first-order valence-corrected chi connectivity index (χ1v) is 12.5. The lowest BCUT2D eigenvalue weighted by molar-refractivity contribution is -0.149. The summed E-state index contributed by atoms with van der Waals surface area (Å²) in [7, 11) is 0. The normalized spacial score (nSPS) is 31.7. The van der Waals surface area contributed by atoms with Crippen molar-refractivity contribution in [3.8, 4) is 0 Å². The van der Waals surface area contributed by atoms with Crippen LogP contribution in [0.3, 0.4) is 0 Å². The van der Waals surface area contributed by atoms with Crippen molar-refractivity contribution in [3.05, 3.63) is 30.5 Å². The number of fused-ring (bicyclic) bond motifs is 5. The monoisotopic (exact) mass is 418 g/mol. The Labute approximate surface area is 185 Å². The lowest BCUT2D eigenvalue weighted by Crippen LogP contribution is -2.65. The molecule has 5 heteroatoms. The molecule has 0 N–H and O–H groups in total. The number of carbonyl (C=O) groups excluding carboxylic acids is 1. The highest BCUT2D eigenvalue weighted by atomic mass is 16.2. The number of benzene rings is 1. The van der Waals surface area contributed by atoms with Gasteiger partial charge in [0, 0.05) is 31.6 Å². The zero-order valence-corrected chi connectivity index (χ0v) is 18.5. The Kier molecular flexibility index (Phi) is 5.08. The second-order valence-corrected chi connectivity index (χ2v) is 10.4. The summed E-state index contributed by atoms with van der Waals surface area (Å²) >= 11 is 0. The van der Waals surface area contributed by atoms with Crippen molar-refractivity contribution in [2.45, 2.75) is 76.3 Å². The van der Waals surface area contributed by atoms with E-state index in [1.807, 2.05) is 24.4 Å². The van der Waals surface area contributed by atoms with Crippen molar-refractivity contribution in [3.63, 3.8) is 0 Å². The average Bonchev–Trinajstić information content (AvgIpc) is 2.82. The molecule has 3 saturated heterocycles. The van der Waals surface area contributed by atoms with Gasteiger partial charge in [-0.05, 0) is 55.6 Å². The van der Waals surface area contributed by atoms with Crippen molar-refractivity contribution < 1.29 is 4.79 Å². The molecule has 3 aliphatic heterocycles. The van der Waals surface area contributed by atoms with Gasteiger partial charge in [0.2, 0.25) is 5.91 Å². The second kappa shape index (κ2) is 8.07. The zero-order chi connectivity index (χ0) is 20.8. The zero-order valence-electron chi connectivity index (χ0n) is 18.5. The molecule has 1 aliphatic carbocycles. The van der Waals surface area contributed by atoms with Crippen LogP contribution in [0.5, 0.6) is 0 Å². The van der Waals surface area contributed by atoms with Gasteiger partial charge in [0.25, 0.3) is 0 Å². The first-order valence-electron chi connectivity index (χ1n) is 12.5. The van der Waals surface area contributed by atoms with Crippen LogP contribution in [0.2, 0.25) is 0 Å². The number of carbonyl (C=O) groups is 1. The van der Waals surface area contributed by atoms with Crippen LogP contribution in [-0.2, 0) is 4.79 Å². The maximum atomic E-state index is 13.1. The highest BCUT2D eigenvalue weighted by Crippen LogP contribution is 2.45. The van der Waals surface area contributed by atoms with E-state index in [2.05, 4.69) is 20.9 Å². The van der Waals surface area contributed by atoms with Crippen molar-refractivity contribution in [1.82, 2.24) is 14.9 Å². The molecule has 4 aliphatic rings. The van der Waals surface area contributed by atoms with E-state index in [1.165, 1.54) is 51.4 Å². The van der Waals surface area contributed by atoms with Crippen molar-refractivity contribution in [2.24, 2.45) is 17.8 Å². The fourth-order valence-corrected chi connectivity index (χ4v) is 7.13. The summed E-state index contributed by atoms with van der Waals surface area (Å²) in [6.07, 6.45) is 14.3. The molecule has 1 aromatic heterocycles. The van der Waals surface area contributed by atoms with Crippen molar-refractivity contribution >= 4 is 22.8 Å². The number of hydrogen-bond acceptors (Lipinski definition) is 4. The van der Waals surface area contributed by atoms with Gasteiger partial charge in [-0.25, -0.2) is 4.98 Å². The van der Waals surface area contributed by atoms with Crippen molar-refractivity contribution in [1.29, 1.82) is 0 Å². The Bertz CT molecular complexity index is 955. The second-order valence-electron chi connectivity index (χ2n) is 10.4. The molecule has 5 nitrogen and oxygen atoms in total. The third-order valence-electron chi connectivity index (χ3n) is 8.56. The number of para-hydroxylation sites is 2. The predicted molar refractivity (Wildman–Crippen MR) is 123 cm³/mol. The number of hydrogen-bond donors (Lipinski definition) is 0. The van der Waals surface area contributed by atoms with E-state index in [1.54, 1.807) is 0 Å². The molecule has 0 radical (unpaired) electrons. The minimum absolute atomic E-state index is 0.424. The standard InChI is InChI=1S/C26H34N4O/c31-26-12-6-11-23-19-14-20(24(30(23)26)13-18-7-2-1-3-8-18)17-29(16-19)25-15-27-21-9-4-5-10-22(21)28-25/h4-5,9-10,15,18-20,23-24H,1-3,6-8,11-14,16-17H2/t19-,20+,23+,24+/m1/s1. The number of rotatable bonds is 3. The summed E-state index contributed by atoms with van der Waals surface area (Å²) in [4.78, 5) is 27.6. The van der Waals surface area contributed by atoms with Gasteiger partial charge in [0.05, 0.1) is 17.2 Å². The van der Waals surface area contributed by atoms with Gasteiger partial charge in [-0.2, -0.15) is 0 Å². The Morgan fingerprint density at radius 2 is 1.74 bits per heavy atom. The summed E-state index contributed by atoms with van der Waals surface area (Å²) < 4.78 is 0. The topological polar surface area (TPSA) is 49.3 Å². The molecule has 1 saturated carbocycles. The first-order chi connectivity index (χ1) is 15.3. The Morgan fingerprint density at radius 1 is 0.935 bits per heavy atom. The summed E-state index contributed by atoms with van der Waals surface area (Å²) in [5.41, 5.74) is 1.94. The summed E-state index contributed by atoms with van der Waals surface area (Å²) in [6.45, 7) is 2.02. The third-order valence-corrected chi connectivity index (χ3v) is 8.56. The number of nitrogens with zero attached hydrogens (tertiary/aromatic N) is 4. The van der Waals surface area contributed by atoms with E-state index in [4.69, 9.17) is 4.98 Å². The van der Waals surface area contributed by atoms with Crippen LogP contribution < -0.4 is 4.90 Å². The summed E-state index contributed by atoms with van der Waals surface area (Å²) in [6, 6.07) is 9.01. The molecule has 4 heterocycles. The van der Waals surface area contributed by atoms with Crippen LogP contribution in [0.4, 0.5) is 5.82 Å². The number of piperidine rings is 3. The van der Waals surface area contributed by atoms with E-state index < -0.39 is 0 Å². The van der Waals surface area contributed by atoms with Crippen LogP contribution in [0.1, 0.15) is 64.2 Å². The molecule has 0 unspecified atom stereocenters. The van der Waals surface area contributed by atoms with Gasteiger partial charge in [-0.15, -0.1) is 0 Å². The third kappa shape index (κ3) is 3.60. The van der Waals surface area contributed by atoms with Gasteiger partial charge in [-0.1, -0.05) is 44.2 Å². The van der Waals surface area contributed by atoms with E-state index in [9.17, 15) is 4.79 Å².